The normalized spacial score (nSPS) is 15.8. The highest BCUT2D eigenvalue weighted by molar-refractivity contribution is 5.94. The molecule has 4 heteroatoms. The molecule has 1 saturated carbocycles. The van der Waals surface area contributed by atoms with Crippen LogP contribution in [0.1, 0.15) is 36.0 Å². The van der Waals surface area contributed by atoms with Crippen molar-refractivity contribution < 1.29 is 9.53 Å². The van der Waals surface area contributed by atoms with Crippen molar-refractivity contribution in [2.75, 3.05) is 20.3 Å². The number of methoxy groups -OCH3 is 1. The minimum atomic E-state index is 0.0760. The number of hydrogen-bond donors (Lipinski definition) is 0. The Morgan fingerprint density at radius 2 is 2.28 bits per heavy atom. The topological polar surface area (TPSA) is 42.4 Å². The molecule has 1 amide bonds. The number of nitrogens with zero attached hydrogens (tertiary/aromatic N) is 2. The van der Waals surface area contributed by atoms with Crippen LogP contribution < -0.4 is 0 Å². The van der Waals surface area contributed by atoms with Crippen molar-refractivity contribution in [1.82, 2.24) is 9.88 Å². The number of rotatable bonds is 5. The molecule has 0 N–H and O–H groups in total. The lowest BCUT2D eigenvalue weighted by atomic mass is 10.1. The van der Waals surface area contributed by atoms with E-state index in [1.165, 1.54) is 12.8 Å². The Balaban J connectivity index is 2.09. The first-order valence-electron chi connectivity index (χ1n) is 6.53. The largest absolute Gasteiger partial charge is 0.383 e. The summed E-state index contributed by atoms with van der Waals surface area (Å²) in [5, 5.41) is 0. The van der Waals surface area contributed by atoms with Crippen LogP contribution in [0, 0.1) is 0 Å². The van der Waals surface area contributed by atoms with Crippen molar-refractivity contribution in [3.63, 3.8) is 0 Å². The van der Waals surface area contributed by atoms with E-state index in [0.717, 1.165) is 12.8 Å². The molecular weight excluding hydrogens is 228 g/mol. The van der Waals surface area contributed by atoms with Gasteiger partial charge in [-0.25, -0.2) is 0 Å². The molecule has 1 fully saturated rings. The van der Waals surface area contributed by atoms with Crippen molar-refractivity contribution in [3.05, 3.63) is 30.1 Å². The first-order chi connectivity index (χ1) is 8.83. The molecule has 0 spiro atoms. The molecule has 1 aromatic rings. The summed E-state index contributed by atoms with van der Waals surface area (Å²) in [5.41, 5.74) is 0.667. The smallest absolute Gasteiger partial charge is 0.255 e. The summed E-state index contributed by atoms with van der Waals surface area (Å²) >= 11 is 0. The van der Waals surface area contributed by atoms with Crippen LogP contribution in [0.3, 0.4) is 0 Å². The molecule has 18 heavy (non-hydrogen) atoms. The maximum absolute atomic E-state index is 12.5. The maximum atomic E-state index is 12.5. The average Bonchev–Trinajstić information content (AvgIpc) is 2.94. The van der Waals surface area contributed by atoms with Crippen molar-refractivity contribution in [2.24, 2.45) is 0 Å². The van der Waals surface area contributed by atoms with Crippen molar-refractivity contribution >= 4 is 5.91 Å². The molecule has 2 rings (SSSR count). The zero-order valence-electron chi connectivity index (χ0n) is 10.8. The van der Waals surface area contributed by atoms with Gasteiger partial charge in [-0.1, -0.05) is 12.8 Å². The lowest BCUT2D eigenvalue weighted by molar-refractivity contribution is 0.0605. The lowest BCUT2D eigenvalue weighted by Crippen LogP contribution is -2.41. The average molecular weight is 248 g/mol. The van der Waals surface area contributed by atoms with E-state index in [4.69, 9.17) is 4.74 Å². The van der Waals surface area contributed by atoms with E-state index in [9.17, 15) is 4.79 Å². The quantitative estimate of drug-likeness (QED) is 0.801. The van der Waals surface area contributed by atoms with Crippen molar-refractivity contribution in [1.29, 1.82) is 0 Å². The summed E-state index contributed by atoms with van der Waals surface area (Å²) in [6, 6.07) is 3.99. The van der Waals surface area contributed by atoms with Gasteiger partial charge in [-0.15, -0.1) is 0 Å². The van der Waals surface area contributed by atoms with Gasteiger partial charge in [0, 0.05) is 32.1 Å². The highest BCUT2D eigenvalue weighted by atomic mass is 16.5. The van der Waals surface area contributed by atoms with E-state index in [-0.39, 0.29) is 5.91 Å². The number of carbonyl (C=O) groups is 1. The summed E-state index contributed by atoms with van der Waals surface area (Å²) < 4.78 is 5.11. The molecule has 4 nitrogen and oxygen atoms in total. The third kappa shape index (κ3) is 3.07. The molecule has 0 aromatic carbocycles. The number of carbonyl (C=O) groups excluding carboxylic acids is 1. The Labute approximate surface area is 108 Å². The molecule has 0 radical (unpaired) electrons. The SMILES string of the molecule is COCCN(C(=O)c1cccnc1)C1CCCC1. The van der Waals surface area contributed by atoms with E-state index in [1.807, 2.05) is 11.0 Å². The molecule has 1 aliphatic rings. The summed E-state index contributed by atoms with van der Waals surface area (Å²) in [6.07, 6.45) is 7.97. The van der Waals surface area contributed by atoms with E-state index in [1.54, 1.807) is 25.6 Å². The molecule has 0 saturated heterocycles. The monoisotopic (exact) mass is 248 g/mol. The fourth-order valence-corrected chi connectivity index (χ4v) is 2.51. The molecular formula is C14H20N2O2. The Bertz CT molecular complexity index is 375. The predicted octanol–water partition coefficient (Wildman–Crippen LogP) is 2.11. The number of pyridine rings is 1. The van der Waals surface area contributed by atoms with Crippen LogP contribution in [0.2, 0.25) is 0 Å². The summed E-state index contributed by atoms with van der Waals surface area (Å²) in [4.78, 5) is 18.4. The summed E-state index contributed by atoms with van der Waals surface area (Å²) in [5.74, 6) is 0.0760. The van der Waals surface area contributed by atoms with Crippen LogP contribution in [-0.4, -0.2) is 42.1 Å². The van der Waals surface area contributed by atoms with Gasteiger partial charge in [0.15, 0.2) is 0 Å². The summed E-state index contributed by atoms with van der Waals surface area (Å²) in [7, 11) is 1.67. The zero-order chi connectivity index (χ0) is 12.8. The minimum Gasteiger partial charge on any atom is -0.383 e. The zero-order valence-corrected chi connectivity index (χ0v) is 10.8. The molecule has 1 heterocycles. The van der Waals surface area contributed by atoms with Gasteiger partial charge >= 0.3 is 0 Å². The molecule has 0 aliphatic heterocycles. The van der Waals surface area contributed by atoms with Gasteiger partial charge in [0.2, 0.25) is 0 Å². The number of hydrogen-bond acceptors (Lipinski definition) is 3. The van der Waals surface area contributed by atoms with Gasteiger partial charge in [0.05, 0.1) is 12.2 Å². The fraction of sp³-hybridized carbons (Fsp3) is 0.571. The molecule has 1 aromatic heterocycles. The van der Waals surface area contributed by atoms with Crippen molar-refractivity contribution in [3.8, 4) is 0 Å². The highest BCUT2D eigenvalue weighted by Crippen LogP contribution is 2.24. The molecule has 98 valence electrons. The number of amides is 1. The van der Waals surface area contributed by atoms with Crippen molar-refractivity contribution in [2.45, 2.75) is 31.7 Å². The Hall–Kier alpha value is -1.42. The molecule has 0 atom stereocenters. The van der Waals surface area contributed by atoms with Gasteiger partial charge in [-0.05, 0) is 25.0 Å². The Morgan fingerprint density at radius 3 is 2.89 bits per heavy atom. The van der Waals surface area contributed by atoms with Crippen LogP contribution in [0.15, 0.2) is 24.5 Å². The van der Waals surface area contributed by atoms with Gasteiger partial charge in [-0.3, -0.25) is 9.78 Å². The number of ether oxygens (including phenoxy) is 1. The number of aromatic nitrogens is 1. The fourth-order valence-electron chi connectivity index (χ4n) is 2.51. The Kier molecular flexibility index (Phi) is 4.70. The third-order valence-electron chi connectivity index (χ3n) is 3.47. The molecule has 1 aliphatic carbocycles. The van der Waals surface area contributed by atoms with Crippen LogP contribution in [-0.2, 0) is 4.74 Å². The summed E-state index contributed by atoms with van der Waals surface area (Å²) in [6.45, 7) is 1.25. The predicted molar refractivity (Wildman–Crippen MR) is 69.4 cm³/mol. The first kappa shape index (κ1) is 13.0. The van der Waals surface area contributed by atoms with Crippen LogP contribution >= 0.6 is 0 Å². The second kappa shape index (κ2) is 6.50. The second-order valence-corrected chi connectivity index (χ2v) is 4.67. The van der Waals surface area contributed by atoms with E-state index in [0.29, 0.717) is 24.8 Å². The van der Waals surface area contributed by atoms with Gasteiger partial charge < -0.3 is 9.64 Å². The van der Waals surface area contributed by atoms with E-state index >= 15 is 0 Å². The molecule has 0 bridgehead atoms. The highest BCUT2D eigenvalue weighted by Gasteiger charge is 2.27. The third-order valence-corrected chi connectivity index (χ3v) is 3.47. The van der Waals surface area contributed by atoms with Gasteiger partial charge in [0.1, 0.15) is 0 Å². The van der Waals surface area contributed by atoms with Crippen LogP contribution in [0.5, 0.6) is 0 Å². The standard InChI is InChI=1S/C14H20N2O2/c1-18-10-9-16(13-6-2-3-7-13)14(17)12-5-4-8-15-11-12/h4-5,8,11,13H,2-3,6-7,9-10H2,1H3. The minimum absolute atomic E-state index is 0.0760. The van der Waals surface area contributed by atoms with Gasteiger partial charge in [-0.2, -0.15) is 0 Å². The van der Waals surface area contributed by atoms with Gasteiger partial charge in [0.25, 0.3) is 5.91 Å². The first-order valence-corrected chi connectivity index (χ1v) is 6.53. The Morgan fingerprint density at radius 1 is 1.50 bits per heavy atom. The van der Waals surface area contributed by atoms with E-state index in [2.05, 4.69) is 4.98 Å². The van der Waals surface area contributed by atoms with E-state index < -0.39 is 0 Å². The van der Waals surface area contributed by atoms with Crippen LogP contribution in [0.4, 0.5) is 0 Å². The molecule has 0 unspecified atom stereocenters. The maximum Gasteiger partial charge on any atom is 0.255 e. The van der Waals surface area contributed by atoms with Crippen LogP contribution in [0.25, 0.3) is 0 Å². The second-order valence-electron chi connectivity index (χ2n) is 4.67. The lowest BCUT2D eigenvalue weighted by Gasteiger charge is -2.28.